The van der Waals surface area contributed by atoms with E-state index in [9.17, 15) is 4.39 Å². The van der Waals surface area contributed by atoms with E-state index in [0.717, 1.165) is 0 Å². The summed E-state index contributed by atoms with van der Waals surface area (Å²) in [5, 5.41) is 7.21. The van der Waals surface area contributed by atoms with Crippen molar-refractivity contribution >= 4 is 5.90 Å². The van der Waals surface area contributed by atoms with Crippen molar-refractivity contribution in [3.63, 3.8) is 0 Å². The Labute approximate surface area is 76.9 Å². The fourth-order valence-electron chi connectivity index (χ4n) is 1.05. The Kier molecular flexibility index (Phi) is 3.43. The number of hydrogen-bond donors (Lipinski definition) is 1. The molecule has 0 atom stereocenters. The average Bonchev–Trinajstić information content (AvgIpc) is 2.16. The second kappa shape index (κ2) is 4.60. The molecule has 13 heavy (non-hydrogen) atoms. The summed E-state index contributed by atoms with van der Waals surface area (Å²) >= 11 is 0. The molecule has 0 fully saturated rings. The van der Waals surface area contributed by atoms with Gasteiger partial charge in [-0.3, -0.25) is 5.41 Å². The highest BCUT2D eigenvalue weighted by Gasteiger charge is 2.02. The van der Waals surface area contributed by atoms with Gasteiger partial charge in [0.15, 0.2) is 5.90 Å². The third-order valence-corrected chi connectivity index (χ3v) is 1.83. The normalized spacial score (nSPS) is 9.69. The minimum atomic E-state index is -0.216. The number of methoxy groups -OCH3 is 1. The van der Waals surface area contributed by atoms with E-state index in [0.29, 0.717) is 18.4 Å². The lowest BCUT2D eigenvalue weighted by molar-refractivity contribution is 0.385. The summed E-state index contributed by atoms with van der Waals surface area (Å²) in [7, 11) is 1.45. The van der Waals surface area contributed by atoms with Gasteiger partial charge in [0.05, 0.1) is 7.11 Å². The number of aryl methyl sites for hydroxylation is 1. The molecule has 1 N–H and O–H groups in total. The van der Waals surface area contributed by atoms with Crippen molar-refractivity contribution in [1.29, 1.82) is 5.41 Å². The van der Waals surface area contributed by atoms with E-state index in [4.69, 9.17) is 5.41 Å². The summed E-state index contributed by atoms with van der Waals surface area (Å²) in [5.74, 6) is -0.0327. The maximum Gasteiger partial charge on any atom is 0.180 e. The van der Waals surface area contributed by atoms with E-state index in [-0.39, 0.29) is 11.7 Å². The minimum Gasteiger partial charge on any atom is -0.484 e. The quantitative estimate of drug-likeness (QED) is 0.563. The Morgan fingerprint density at radius 1 is 1.46 bits per heavy atom. The summed E-state index contributed by atoms with van der Waals surface area (Å²) in [6.45, 7) is 0. The maximum atomic E-state index is 13.0. The lowest BCUT2D eigenvalue weighted by atomic mass is 10.1. The smallest absolute Gasteiger partial charge is 0.180 e. The van der Waals surface area contributed by atoms with Crippen molar-refractivity contribution in [3.05, 3.63) is 35.6 Å². The summed E-state index contributed by atoms with van der Waals surface area (Å²) in [4.78, 5) is 0. The zero-order valence-electron chi connectivity index (χ0n) is 7.51. The molecule has 0 unspecified atom stereocenters. The summed E-state index contributed by atoms with van der Waals surface area (Å²) < 4.78 is 17.7. The number of halogens is 1. The van der Waals surface area contributed by atoms with Gasteiger partial charge in [0.2, 0.25) is 0 Å². The highest BCUT2D eigenvalue weighted by molar-refractivity contribution is 5.72. The van der Waals surface area contributed by atoms with Crippen LogP contribution in [0.4, 0.5) is 4.39 Å². The van der Waals surface area contributed by atoms with Crippen LogP contribution in [0.25, 0.3) is 0 Å². The molecule has 1 rings (SSSR count). The molecule has 0 heterocycles. The maximum absolute atomic E-state index is 13.0. The first kappa shape index (κ1) is 9.71. The summed E-state index contributed by atoms with van der Waals surface area (Å²) in [6.07, 6.45) is 0.955. The van der Waals surface area contributed by atoms with Gasteiger partial charge in [0.25, 0.3) is 0 Å². The predicted octanol–water partition coefficient (Wildman–Crippen LogP) is 2.38. The lowest BCUT2D eigenvalue weighted by Gasteiger charge is -2.03. The molecule has 0 amide bonds. The van der Waals surface area contributed by atoms with Gasteiger partial charge in [-0.1, -0.05) is 18.2 Å². The molecule has 0 aliphatic rings. The fraction of sp³-hybridized carbons (Fsp3) is 0.300. The van der Waals surface area contributed by atoms with Gasteiger partial charge in [0, 0.05) is 6.42 Å². The van der Waals surface area contributed by atoms with Crippen molar-refractivity contribution in [1.82, 2.24) is 0 Å². The largest absolute Gasteiger partial charge is 0.484 e. The molecule has 3 heteroatoms. The fourth-order valence-corrected chi connectivity index (χ4v) is 1.05. The van der Waals surface area contributed by atoms with Gasteiger partial charge in [-0.2, -0.15) is 0 Å². The Bertz CT molecular complexity index is 299. The zero-order chi connectivity index (χ0) is 9.68. The topological polar surface area (TPSA) is 33.1 Å². The van der Waals surface area contributed by atoms with Crippen molar-refractivity contribution in [2.45, 2.75) is 12.8 Å². The summed E-state index contributed by atoms with van der Waals surface area (Å²) in [6, 6.07) is 6.58. The van der Waals surface area contributed by atoms with Crippen LogP contribution in [0.2, 0.25) is 0 Å². The van der Waals surface area contributed by atoms with E-state index in [1.165, 1.54) is 13.2 Å². The van der Waals surface area contributed by atoms with Crippen LogP contribution in [0.15, 0.2) is 24.3 Å². The van der Waals surface area contributed by atoms with Gasteiger partial charge >= 0.3 is 0 Å². The molecule has 1 aromatic carbocycles. The van der Waals surface area contributed by atoms with Crippen LogP contribution in [0.1, 0.15) is 12.0 Å². The van der Waals surface area contributed by atoms with E-state index < -0.39 is 0 Å². The molecule has 0 aliphatic carbocycles. The van der Waals surface area contributed by atoms with Gasteiger partial charge in [0.1, 0.15) is 5.82 Å². The van der Waals surface area contributed by atoms with Crippen LogP contribution < -0.4 is 0 Å². The van der Waals surface area contributed by atoms with Crippen LogP contribution >= 0.6 is 0 Å². The number of benzene rings is 1. The van der Waals surface area contributed by atoms with E-state index >= 15 is 0 Å². The average molecular weight is 181 g/mol. The Morgan fingerprint density at radius 2 is 2.15 bits per heavy atom. The van der Waals surface area contributed by atoms with Crippen molar-refractivity contribution in [2.24, 2.45) is 0 Å². The first-order valence-corrected chi connectivity index (χ1v) is 4.09. The highest BCUT2D eigenvalue weighted by Crippen LogP contribution is 2.08. The molecule has 0 bridgehead atoms. The molecular weight excluding hydrogens is 169 g/mol. The highest BCUT2D eigenvalue weighted by atomic mass is 19.1. The number of ether oxygens (including phenoxy) is 1. The SMILES string of the molecule is COC(=N)CCc1ccccc1F. The van der Waals surface area contributed by atoms with Crippen LogP contribution in [0, 0.1) is 11.2 Å². The molecule has 1 aromatic rings. The number of nitrogens with one attached hydrogen (secondary N) is 1. The van der Waals surface area contributed by atoms with E-state index in [1.807, 2.05) is 0 Å². The van der Waals surface area contributed by atoms with Crippen LogP contribution in [-0.2, 0) is 11.2 Å². The van der Waals surface area contributed by atoms with Crippen molar-refractivity contribution in [2.75, 3.05) is 7.11 Å². The van der Waals surface area contributed by atoms with E-state index in [2.05, 4.69) is 4.74 Å². The van der Waals surface area contributed by atoms with Crippen LogP contribution in [0.5, 0.6) is 0 Å². The van der Waals surface area contributed by atoms with Crippen LogP contribution in [-0.4, -0.2) is 13.0 Å². The predicted molar refractivity (Wildman–Crippen MR) is 49.5 cm³/mol. The van der Waals surface area contributed by atoms with Gasteiger partial charge < -0.3 is 4.74 Å². The molecule has 0 saturated carbocycles. The van der Waals surface area contributed by atoms with Gasteiger partial charge in [-0.15, -0.1) is 0 Å². The first-order chi connectivity index (χ1) is 6.24. The third kappa shape index (κ3) is 2.86. The standard InChI is InChI=1S/C10H12FNO/c1-13-10(12)7-6-8-4-2-3-5-9(8)11/h2-5,12H,6-7H2,1H3. The molecule has 0 radical (unpaired) electrons. The lowest BCUT2D eigenvalue weighted by Crippen LogP contribution is -2.01. The Morgan fingerprint density at radius 3 is 2.77 bits per heavy atom. The first-order valence-electron chi connectivity index (χ1n) is 4.09. The number of hydrogen-bond acceptors (Lipinski definition) is 2. The minimum absolute atomic E-state index is 0.184. The molecule has 2 nitrogen and oxygen atoms in total. The molecule has 0 saturated heterocycles. The van der Waals surface area contributed by atoms with Crippen LogP contribution in [0.3, 0.4) is 0 Å². The van der Waals surface area contributed by atoms with Crippen molar-refractivity contribution < 1.29 is 9.13 Å². The monoisotopic (exact) mass is 181 g/mol. The van der Waals surface area contributed by atoms with Gasteiger partial charge in [-0.25, -0.2) is 4.39 Å². The summed E-state index contributed by atoms with van der Waals surface area (Å²) in [5.41, 5.74) is 0.629. The van der Waals surface area contributed by atoms with E-state index in [1.54, 1.807) is 18.2 Å². The molecule has 0 aromatic heterocycles. The Balaban J connectivity index is 2.54. The zero-order valence-corrected chi connectivity index (χ0v) is 7.51. The molecule has 0 spiro atoms. The second-order valence-corrected chi connectivity index (χ2v) is 2.72. The molecule has 70 valence electrons. The van der Waals surface area contributed by atoms with Crippen molar-refractivity contribution in [3.8, 4) is 0 Å². The molecular formula is C10H12FNO. The molecule has 0 aliphatic heterocycles. The third-order valence-electron chi connectivity index (χ3n) is 1.83. The second-order valence-electron chi connectivity index (χ2n) is 2.72. The number of rotatable bonds is 3. The Hall–Kier alpha value is -1.38. The van der Waals surface area contributed by atoms with Gasteiger partial charge in [-0.05, 0) is 18.1 Å².